The molecule has 1 fully saturated rings. The normalized spacial score (nSPS) is 16.7. The second-order valence-electron chi connectivity index (χ2n) is 4.63. The Bertz CT molecular complexity index is 533. The Balaban J connectivity index is 1.88. The molecule has 0 aliphatic heterocycles. The molecule has 0 unspecified atom stereocenters. The number of nitrogens with two attached hydrogens (primary N) is 1. The van der Waals surface area contributed by atoms with Crippen molar-refractivity contribution in [3.8, 4) is 0 Å². The van der Waals surface area contributed by atoms with Crippen LogP contribution in [0.5, 0.6) is 0 Å². The lowest BCUT2D eigenvalue weighted by Crippen LogP contribution is -1.95. The number of aromatic nitrogens is 1. The second-order valence-corrected chi connectivity index (χ2v) is 5.95. The Labute approximate surface area is 106 Å². The summed E-state index contributed by atoms with van der Waals surface area (Å²) in [7, 11) is 0. The number of rotatable bonds is 2. The van der Waals surface area contributed by atoms with Gasteiger partial charge in [-0.2, -0.15) is 0 Å². The van der Waals surface area contributed by atoms with Crippen LogP contribution in [0, 0.1) is 0 Å². The van der Waals surface area contributed by atoms with Gasteiger partial charge in [0.25, 0.3) is 0 Å². The predicted octanol–water partition coefficient (Wildman–Crippen LogP) is 3.85. The van der Waals surface area contributed by atoms with E-state index in [9.17, 15) is 0 Å². The van der Waals surface area contributed by atoms with Crippen LogP contribution in [0.15, 0.2) is 35.4 Å². The Hall–Kier alpha value is -1.22. The first kappa shape index (κ1) is 10.9. The maximum Gasteiger partial charge on any atom is 0.0970 e. The highest BCUT2D eigenvalue weighted by Crippen LogP contribution is 2.34. The summed E-state index contributed by atoms with van der Waals surface area (Å²) in [4.78, 5) is 4.69. The molecule has 0 radical (unpaired) electrons. The van der Waals surface area contributed by atoms with Crippen molar-refractivity contribution >= 4 is 28.4 Å². The van der Waals surface area contributed by atoms with Gasteiger partial charge < -0.3 is 5.73 Å². The van der Waals surface area contributed by atoms with E-state index in [2.05, 4.69) is 17.1 Å². The van der Waals surface area contributed by atoms with Gasteiger partial charge in [-0.3, -0.25) is 0 Å². The third kappa shape index (κ3) is 2.39. The molecule has 2 nitrogen and oxygen atoms in total. The van der Waals surface area contributed by atoms with E-state index in [1.54, 1.807) is 0 Å². The van der Waals surface area contributed by atoms with Crippen molar-refractivity contribution < 1.29 is 0 Å². The van der Waals surface area contributed by atoms with E-state index in [0.717, 1.165) is 26.9 Å². The van der Waals surface area contributed by atoms with E-state index in [1.807, 2.05) is 30.0 Å². The first-order chi connectivity index (χ1) is 8.31. The monoisotopic (exact) mass is 244 g/mol. The van der Waals surface area contributed by atoms with Crippen molar-refractivity contribution in [2.24, 2.45) is 0 Å². The molecule has 1 aliphatic rings. The van der Waals surface area contributed by atoms with Crippen LogP contribution in [0.3, 0.4) is 0 Å². The molecular formula is C14H16N2S. The molecule has 0 spiro atoms. The fourth-order valence-electron chi connectivity index (χ4n) is 2.37. The van der Waals surface area contributed by atoms with Crippen molar-refractivity contribution in [3.63, 3.8) is 0 Å². The van der Waals surface area contributed by atoms with Gasteiger partial charge in [0.2, 0.25) is 0 Å². The van der Waals surface area contributed by atoms with E-state index in [1.165, 1.54) is 25.7 Å². The molecule has 0 amide bonds. The van der Waals surface area contributed by atoms with Gasteiger partial charge in [-0.1, -0.05) is 18.9 Å². The van der Waals surface area contributed by atoms with Gasteiger partial charge in [-0.05, 0) is 37.1 Å². The Morgan fingerprint density at radius 2 is 1.94 bits per heavy atom. The van der Waals surface area contributed by atoms with Crippen LogP contribution in [0.4, 0.5) is 5.69 Å². The van der Waals surface area contributed by atoms with Gasteiger partial charge in [0.15, 0.2) is 0 Å². The number of benzene rings is 1. The molecule has 0 saturated heterocycles. The van der Waals surface area contributed by atoms with Gasteiger partial charge in [0.05, 0.1) is 10.5 Å². The van der Waals surface area contributed by atoms with Crippen molar-refractivity contribution in [3.05, 3.63) is 30.3 Å². The van der Waals surface area contributed by atoms with Crippen LogP contribution in [0.1, 0.15) is 25.7 Å². The van der Waals surface area contributed by atoms with E-state index in [0.29, 0.717) is 0 Å². The fourth-order valence-corrected chi connectivity index (χ4v) is 3.58. The number of thioether (sulfide) groups is 1. The zero-order chi connectivity index (χ0) is 11.7. The molecule has 0 bridgehead atoms. The van der Waals surface area contributed by atoms with Crippen molar-refractivity contribution in [2.45, 2.75) is 36.0 Å². The minimum absolute atomic E-state index is 0.772. The van der Waals surface area contributed by atoms with Gasteiger partial charge in [0.1, 0.15) is 0 Å². The number of hydrogen-bond donors (Lipinski definition) is 1. The molecule has 2 aromatic rings. The average molecular weight is 244 g/mol. The van der Waals surface area contributed by atoms with E-state index < -0.39 is 0 Å². The Morgan fingerprint density at radius 1 is 1.12 bits per heavy atom. The summed E-state index contributed by atoms with van der Waals surface area (Å²) >= 11 is 1.93. The molecule has 1 aromatic carbocycles. The maximum absolute atomic E-state index is 5.76. The number of hydrogen-bond acceptors (Lipinski definition) is 3. The van der Waals surface area contributed by atoms with Crippen molar-refractivity contribution in [1.29, 1.82) is 0 Å². The topological polar surface area (TPSA) is 38.9 Å². The molecule has 1 aliphatic carbocycles. The molecule has 1 aromatic heterocycles. The predicted molar refractivity (Wildman–Crippen MR) is 74.3 cm³/mol. The smallest absolute Gasteiger partial charge is 0.0970 e. The molecular weight excluding hydrogens is 228 g/mol. The van der Waals surface area contributed by atoms with Crippen LogP contribution < -0.4 is 5.73 Å². The van der Waals surface area contributed by atoms with Crippen LogP contribution >= 0.6 is 11.8 Å². The minimum Gasteiger partial charge on any atom is -0.399 e. The highest BCUT2D eigenvalue weighted by atomic mass is 32.2. The number of nitrogens with zero attached hydrogens (tertiary/aromatic N) is 1. The highest BCUT2D eigenvalue weighted by Gasteiger charge is 2.16. The van der Waals surface area contributed by atoms with Gasteiger partial charge in [-0.15, -0.1) is 11.8 Å². The lowest BCUT2D eigenvalue weighted by molar-refractivity contribution is 0.886. The standard InChI is InChI=1S/C14H16N2S/c15-11-6-7-13-10(9-11)5-8-14(16-13)17-12-3-1-2-4-12/h5-9,12H,1-4,15H2. The largest absolute Gasteiger partial charge is 0.399 e. The van der Waals surface area contributed by atoms with Crippen molar-refractivity contribution in [1.82, 2.24) is 4.98 Å². The lowest BCUT2D eigenvalue weighted by Gasteiger charge is -2.08. The van der Waals surface area contributed by atoms with Gasteiger partial charge in [-0.25, -0.2) is 4.98 Å². The quantitative estimate of drug-likeness (QED) is 0.815. The van der Waals surface area contributed by atoms with Gasteiger partial charge >= 0.3 is 0 Å². The number of fused-ring (bicyclic) bond motifs is 1. The second kappa shape index (κ2) is 4.57. The molecule has 88 valence electrons. The summed E-state index contributed by atoms with van der Waals surface area (Å²) in [5.74, 6) is 0. The van der Waals surface area contributed by atoms with Crippen LogP contribution in [-0.2, 0) is 0 Å². The number of anilines is 1. The van der Waals surface area contributed by atoms with Crippen LogP contribution in [0.25, 0.3) is 10.9 Å². The highest BCUT2D eigenvalue weighted by molar-refractivity contribution is 7.99. The fraction of sp³-hybridized carbons (Fsp3) is 0.357. The summed E-state index contributed by atoms with van der Waals surface area (Å²) in [5, 5.41) is 3.05. The summed E-state index contributed by atoms with van der Waals surface area (Å²) in [6, 6.07) is 10.1. The van der Waals surface area contributed by atoms with Crippen molar-refractivity contribution in [2.75, 3.05) is 5.73 Å². The molecule has 3 rings (SSSR count). The first-order valence-electron chi connectivity index (χ1n) is 6.14. The maximum atomic E-state index is 5.76. The SMILES string of the molecule is Nc1ccc2nc(SC3CCCC3)ccc2c1. The Morgan fingerprint density at radius 3 is 2.76 bits per heavy atom. The molecule has 1 saturated carbocycles. The number of pyridine rings is 1. The Kier molecular flexibility index (Phi) is 2.93. The molecule has 3 heteroatoms. The summed E-state index contributed by atoms with van der Waals surface area (Å²) in [6.45, 7) is 0. The van der Waals surface area contributed by atoms with E-state index >= 15 is 0 Å². The van der Waals surface area contributed by atoms with E-state index in [-0.39, 0.29) is 0 Å². The van der Waals surface area contributed by atoms with Gasteiger partial charge in [0, 0.05) is 16.3 Å². The summed E-state index contributed by atoms with van der Waals surface area (Å²) in [6.07, 6.45) is 5.43. The zero-order valence-corrected chi connectivity index (χ0v) is 10.5. The van der Waals surface area contributed by atoms with Crippen LogP contribution in [0.2, 0.25) is 0 Å². The molecule has 0 atom stereocenters. The number of nitrogen functional groups attached to an aromatic ring is 1. The van der Waals surface area contributed by atoms with E-state index in [4.69, 9.17) is 5.73 Å². The third-order valence-electron chi connectivity index (χ3n) is 3.28. The summed E-state index contributed by atoms with van der Waals surface area (Å²) < 4.78 is 0. The van der Waals surface area contributed by atoms with Crippen LogP contribution in [-0.4, -0.2) is 10.2 Å². The third-order valence-corrected chi connectivity index (χ3v) is 4.55. The minimum atomic E-state index is 0.772. The lowest BCUT2D eigenvalue weighted by atomic mass is 10.2. The molecule has 2 N–H and O–H groups in total. The first-order valence-corrected chi connectivity index (χ1v) is 7.02. The average Bonchev–Trinajstić information content (AvgIpc) is 2.82. The zero-order valence-electron chi connectivity index (χ0n) is 9.73. The molecule has 17 heavy (non-hydrogen) atoms. The molecule has 1 heterocycles. The summed E-state index contributed by atoms with van der Waals surface area (Å²) in [5.41, 5.74) is 7.61.